The Morgan fingerprint density at radius 1 is 0.500 bits per heavy atom. The predicted octanol–water partition coefficient (Wildman–Crippen LogP) is 13.8. The third-order valence-electron chi connectivity index (χ3n) is 11.1. The van der Waals surface area contributed by atoms with Gasteiger partial charge in [0.25, 0.3) is 0 Å². The molecule has 0 saturated carbocycles. The van der Waals surface area contributed by atoms with E-state index in [4.69, 9.17) is 14.4 Å². The predicted molar refractivity (Wildman–Crippen MR) is 239 cm³/mol. The number of phenols is 1. The summed E-state index contributed by atoms with van der Waals surface area (Å²) in [5.41, 5.74) is 14.4. The maximum absolute atomic E-state index is 11.3. The number of furan rings is 1. The van der Waals surface area contributed by atoms with Crippen molar-refractivity contribution in [3.05, 3.63) is 206 Å². The van der Waals surface area contributed by atoms with Crippen LogP contribution < -0.4 is 0 Å². The van der Waals surface area contributed by atoms with Gasteiger partial charge in [-0.05, 0) is 58.0 Å². The Kier molecular flexibility index (Phi) is 9.52. The Labute approximate surface area is 361 Å². The van der Waals surface area contributed by atoms with Crippen molar-refractivity contribution in [3.63, 3.8) is 0 Å². The van der Waals surface area contributed by atoms with Gasteiger partial charge in [0.2, 0.25) is 0 Å². The number of aromatic hydroxyl groups is 1. The Morgan fingerprint density at radius 3 is 1.87 bits per heavy atom. The van der Waals surface area contributed by atoms with Crippen molar-refractivity contribution < 1.29 is 30.6 Å². The van der Waals surface area contributed by atoms with E-state index < -0.39 is 0 Å². The van der Waals surface area contributed by atoms with Crippen molar-refractivity contribution in [3.8, 4) is 78.6 Å². The summed E-state index contributed by atoms with van der Waals surface area (Å²) in [6.45, 7) is 0. The van der Waals surface area contributed by atoms with Crippen LogP contribution in [0.2, 0.25) is 0 Å². The number of benzene rings is 8. The largest absolute Gasteiger partial charge is 0.507 e. The number of nitrogens with zero attached hydrogens (tertiary/aromatic N) is 3. The van der Waals surface area contributed by atoms with Gasteiger partial charge in [0.15, 0.2) is 0 Å². The van der Waals surface area contributed by atoms with Crippen LogP contribution in [-0.4, -0.2) is 19.6 Å². The normalized spacial score (nSPS) is 11.3. The summed E-state index contributed by atoms with van der Waals surface area (Å²) < 4.78 is 9.10. The standard InChI is InChI=1S/C54H34N3O2.Pt/c58-50-29-13-11-23-44(50)54-56-51-41(24-15-28-49(51)57(54)48-27-12-10-22-40(48)36-18-6-2-7-19-36)39-32-45-43-26-14-25-42(37-20-8-3-9-21-37)52(43)59-53(45)46(33-39)47-34-38(30-31-55-47)35-16-4-1-5-17-35;/h1-32,34,58H;/q-1;. The summed E-state index contributed by atoms with van der Waals surface area (Å²) in [5, 5.41) is 13.3. The third kappa shape index (κ3) is 6.32. The zero-order valence-electron chi connectivity index (χ0n) is 32.1. The number of imidazole rings is 1. The minimum Gasteiger partial charge on any atom is -0.507 e. The molecule has 3 heterocycles. The number of fused-ring (bicyclic) bond motifs is 4. The van der Waals surface area contributed by atoms with Gasteiger partial charge in [0, 0.05) is 49.5 Å². The molecule has 288 valence electrons. The molecule has 5 nitrogen and oxygen atoms in total. The number of aromatic nitrogens is 3. The molecule has 1 N–H and O–H groups in total. The van der Waals surface area contributed by atoms with Crippen molar-refractivity contribution >= 4 is 33.0 Å². The molecule has 60 heavy (non-hydrogen) atoms. The molecule has 11 rings (SSSR count). The van der Waals surface area contributed by atoms with Crippen molar-refractivity contribution in [2.24, 2.45) is 0 Å². The van der Waals surface area contributed by atoms with Gasteiger partial charge in [0.1, 0.15) is 17.2 Å². The molecule has 11 aromatic rings. The van der Waals surface area contributed by atoms with Gasteiger partial charge in [-0.3, -0.25) is 9.55 Å². The molecule has 8 aromatic carbocycles. The fourth-order valence-corrected chi connectivity index (χ4v) is 8.32. The molecule has 0 bridgehead atoms. The van der Waals surface area contributed by atoms with Gasteiger partial charge >= 0.3 is 0 Å². The SMILES string of the molecule is Oc1ccccc1-c1nc2c(-c3[c-]c(-c4cc(-c5ccccc5)ccn4)c4oc5c(-c6ccccc6)cccc5c4c3)cccc2n1-c1ccccc1-c1ccccc1.[Pt]. The Balaban J connectivity index is 0.00000433. The van der Waals surface area contributed by atoms with Gasteiger partial charge in [0.05, 0.1) is 27.9 Å². The van der Waals surface area contributed by atoms with Crippen molar-refractivity contribution in [1.29, 1.82) is 0 Å². The summed E-state index contributed by atoms with van der Waals surface area (Å²) in [7, 11) is 0. The molecule has 0 fully saturated rings. The summed E-state index contributed by atoms with van der Waals surface area (Å²) in [6.07, 6.45) is 1.85. The van der Waals surface area contributed by atoms with Crippen LogP contribution in [0.3, 0.4) is 0 Å². The molecule has 0 saturated heterocycles. The van der Waals surface area contributed by atoms with Crippen LogP contribution in [0.5, 0.6) is 5.75 Å². The minimum atomic E-state index is 0. The van der Waals surface area contributed by atoms with Crippen LogP contribution in [0.15, 0.2) is 205 Å². The Hall–Kier alpha value is -7.33. The van der Waals surface area contributed by atoms with Crippen LogP contribution in [0.1, 0.15) is 0 Å². The molecule has 0 spiro atoms. The van der Waals surface area contributed by atoms with Gasteiger partial charge in [-0.2, -0.15) is 0 Å². The molecule has 0 unspecified atom stereocenters. The molecule has 0 radical (unpaired) electrons. The fraction of sp³-hybridized carbons (Fsp3) is 0. The van der Waals surface area contributed by atoms with Gasteiger partial charge in [-0.15, -0.1) is 17.7 Å². The van der Waals surface area contributed by atoms with Crippen LogP contribution in [-0.2, 0) is 21.1 Å². The van der Waals surface area contributed by atoms with Crippen molar-refractivity contribution in [2.75, 3.05) is 0 Å². The van der Waals surface area contributed by atoms with Gasteiger partial charge in [-0.1, -0.05) is 169 Å². The minimum absolute atomic E-state index is 0. The summed E-state index contributed by atoms with van der Waals surface area (Å²) in [4.78, 5) is 10.4. The molecular weight excluding hydrogens is 918 g/mol. The topological polar surface area (TPSA) is 64.1 Å². The molecule has 0 aliphatic heterocycles. The van der Waals surface area contributed by atoms with Crippen LogP contribution in [0.4, 0.5) is 0 Å². The van der Waals surface area contributed by atoms with E-state index in [1.54, 1.807) is 6.07 Å². The van der Waals surface area contributed by atoms with E-state index in [1.165, 1.54) is 0 Å². The molecule has 6 heteroatoms. The van der Waals surface area contributed by atoms with Crippen molar-refractivity contribution in [1.82, 2.24) is 14.5 Å². The maximum Gasteiger partial charge on any atom is 0.148 e. The van der Waals surface area contributed by atoms with E-state index in [0.29, 0.717) is 17.0 Å². The Morgan fingerprint density at radius 2 is 1.12 bits per heavy atom. The molecule has 0 amide bonds. The van der Waals surface area contributed by atoms with Gasteiger partial charge < -0.3 is 9.52 Å². The van der Waals surface area contributed by atoms with Crippen molar-refractivity contribution in [2.45, 2.75) is 0 Å². The first-order chi connectivity index (χ1) is 29.2. The Bertz CT molecular complexity index is 3340. The van der Waals surface area contributed by atoms with E-state index in [0.717, 1.165) is 88.8 Å². The average Bonchev–Trinajstić information content (AvgIpc) is 3.89. The zero-order chi connectivity index (χ0) is 39.3. The summed E-state index contributed by atoms with van der Waals surface area (Å²) in [5.74, 6) is 0.787. The fourth-order valence-electron chi connectivity index (χ4n) is 8.32. The second-order valence-electron chi connectivity index (χ2n) is 14.6. The second-order valence-corrected chi connectivity index (χ2v) is 14.6. The smallest absolute Gasteiger partial charge is 0.148 e. The second kappa shape index (κ2) is 15.4. The zero-order valence-corrected chi connectivity index (χ0v) is 34.3. The quantitative estimate of drug-likeness (QED) is 0.162. The number of phenolic OH excluding ortho intramolecular Hbond substituents is 1. The van der Waals surface area contributed by atoms with Crippen LogP contribution in [0, 0.1) is 6.07 Å². The molecule has 3 aromatic heterocycles. The number of hydrogen-bond acceptors (Lipinski definition) is 4. The van der Waals surface area contributed by atoms with E-state index in [-0.39, 0.29) is 26.8 Å². The molecule has 0 atom stereocenters. The van der Waals surface area contributed by atoms with Gasteiger partial charge in [-0.25, -0.2) is 4.98 Å². The third-order valence-corrected chi connectivity index (χ3v) is 11.1. The number of para-hydroxylation sites is 4. The first kappa shape index (κ1) is 37.0. The van der Waals surface area contributed by atoms with Crippen LogP contribution >= 0.6 is 0 Å². The monoisotopic (exact) mass is 951 g/mol. The summed E-state index contributed by atoms with van der Waals surface area (Å²) in [6, 6.07) is 69.5. The molecular formula is C54H34N3O2Pt-. The van der Waals surface area contributed by atoms with Crippen LogP contribution in [0.25, 0.3) is 106 Å². The first-order valence-corrected chi connectivity index (χ1v) is 19.6. The number of hydrogen-bond donors (Lipinski definition) is 1. The molecule has 0 aliphatic rings. The first-order valence-electron chi connectivity index (χ1n) is 19.6. The number of rotatable bonds is 7. The number of pyridine rings is 1. The van der Waals surface area contributed by atoms with E-state index in [9.17, 15) is 5.11 Å². The molecule has 0 aliphatic carbocycles. The summed E-state index contributed by atoms with van der Waals surface area (Å²) >= 11 is 0. The maximum atomic E-state index is 11.3. The van der Waals surface area contributed by atoms with E-state index in [1.807, 2.05) is 66.9 Å². The van der Waals surface area contributed by atoms with E-state index in [2.05, 4.69) is 138 Å². The van der Waals surface area contributed by atoms with E-state index >= 15 is 0 Å². The average molecular weight is 952 g/mol.